The van der Waals surface area contributed by atoms with Gasteiger partial charge in [-0.25, -0.2) is 9.78 Å². The summed E-state index contributed by atoms with van der Waals surface area (Å²) in [5, 5.41) is 0.755. The number of amides is 1. The molecule has 2 aromatic rings. The van der Waals surface area contributed by atoms with E-state index in [2.05, 4.69) is 16.0 Å². The molecule has 25 heavy (non-hydrogen) atoms. The summed E-state index contributed by atoms with van der Waals surface area (Å²) in [6, 6.07) is 7.56. The Bertz CT molecular complexity index is 821. The average Bonchev–Trinajstić information content (AvgIpc) is 2.85. The summed E-state index contributed by atoms with van der Waals surface area (Å²) in [5.41, 5.74) is 1.78. The van der Waals surface area contributed by atoms with Crippen molar-refractivity contribution in [2.45, 2.75) is 19.9 Å². The van der Waals surface area contributed by atoms with Crippen LogP contribution in [0.2, 0.25) is 5.02 Å². The Morgan fingerprint density at radius 3 is 2.84 bits per heavy atom. The van der Waals surface area contributed by atoms with E-state index < -0.39 is 5.69 Å². The number of halogens is 1. The zero-order valence-electron chi connectivity index (χ0n) is 14.2. The summed E-state index contributed by atoms with van der Waals surface area (Å²) >= 11 is 6.23. The zero-order chi connectivity index (χ0) is 17.8. The molecule has 0 spiro atoms. The third kappa shape index (κ3) is 4.02. The van der Waals surface area contributed by atoms with Crippen molar-refractivity contribution in [2.24, 2.45) is 0 Å². The van der Waals surface area contributed by atoms with E-state index in [4.69, 9.17) is 11.6 Å². The van der Waals surface area contributed by atoms with Crippen molar-refractivity contribution in [2.75, 3.05) is 31.1 Å². The van der Waals surface area contributed by atoms with Crippen molar-refractivity contribution in [3.05, 3.63) is 57.7 Å². The van der Waals surface area contributed by atoms with E-state index in [1.807, 2.05) is 24.0 Å². The molecule has 3 rings (SSSR count). The van der Waals surface area contributed by atoms with Gasteiger partial charge in [-0.1, -0.05) is 17.7 Å². The number of benzene rings is 1. The second kappa shape index (κ2) is 7.70. The van der Waals surface area contributed by atoms with Crippen LogP contribution in [0.3, 0.4) is 0 Å². The molecule has 132 valence electrons. The topological polar surface area (TPSA) is 58.4 Å². The van der Waals surface area contributed by atoms with E-state index in [1.165, 1.54) is 10.8 Å². The van der Waals surface area contributed by atoms with Crippen molar-refractivity contribution < 1.29 is 4.79 Å². The number of hydrogen-bond acceptors (Lipinski definition) is 4. The van der Waals surface area contributed by atoms with Crippen LogP contribution in [0, 0.1) is 6.92 Å². The largest absolute Gasteiger partial charge is 0.369 e. The van der Waals surface area contributed by atoms with Gasteiger partial charge in [-0.15, -0.1) is 0 Å². The van der Waals surface area contributed by atoms with Gasteiger partial charge in [0.1, 0.15) is 6.54 Å². The Hall–Kier alpha value is -2.34. The van der Waals surface area contributed by atoms with Crippen LogP contribution in [-0.2, 0) is 11.3 Å². The van der Waals surface area contributed by atoms with Crippen molar-refractivity contribution in [1.82, 2.24) is 14.5 Å². The Labute approximate surface area is 151 Å². The number of anilines is 1. The Balaban J connectivity index is 1.67. The van der Waals surface area contributed by atoms with E-state index in [9.17, 15) is 9.59 Å². The molecule has 7 heteroatoms. The normalized spacial score (nSPS) is 15.1. The van der Waals surface area contributed by atoms with E-state index >= 15 is 0 Å². The molecule has 0 bridgehead atoms. The van der Waals surface area contributed by atoms with Gasteiger partial charge in [-0.05, 0) is 37.1 Å². The lowest BCUT2D eigenvalue weighted by molar-refractivity contribution is -0.131. The highest BCUT2D eigenvalue weighted by Gasteiger charge is 2.21. The predicted octanol–water partition coefficient (Wildman–Crippen LogP) is 1.94. The summed E-state index contributed by atoms with van der Waals surface area (Å²) in [4.78, 5) is 32.0. The molecule has 1 aromatic carbocycles. The number of carbonyl (C=O) groups is 1. The van der Waals surface area contributed by atoms with Crippen molar-refractivity contribution in [3.8, 4) is 0 Å². The van der Waals surface area contributed by atoms with E-state index in [1.54, 1.807) is 12.3 Å². The molecule has 1 aromatic heterocycles. The first kappa shape index (κ1) is 17.5. The van der Waals surface area contributed by atoms with Crippen LogP contribution in [-0.4, -0.2) is 46.5 Å². The van der Waals surface area contributed by atoms with Gasteiger partial charge in [0.2, 0.25) is 5.91 Å². The Kier molecular flexibility index (Phi) is 5.38. The second-order valence-electron chi connectivity index (χ2n) is 6.14. The van der Waals surface area contributed by atoms with Crippen molar-refractivity contribution >= 4 is 23.2 Å². The van der Waals surface area contributed by atoms with Gasteiger partial charge < -0.3 is 9.80 Å². The monoisotopic (exact) mass is 360 g/mol. The predicted molar refractivity (Wildman–Crippen MR) is 98.1 cm³/mol. The molecule has 1 saturated heterocycles. The summed E-state index contributed by atoms with van der Waals surface area (Å²) < 4.78 is 1.34. The molecule has 0 saturated carbocycles. The minimum atomic E-state index is -0.401. The highest BCUT2D eigenvalue weighted by molar-refractivity contribution is 6.31. The SMILES string of the molecule is Cc1c(Cl)cccc1N1CCCN(C(=O)Cn2cccnc2=O)CC1. The maximum Gasteiger partial charge on any atom is 0.347 e. The summed E-state index contributed by atoms with van der Waals surface area (Å²) in [6.07, 6.45) is 3.90. The molecule has 1 aliphatic rings. The van der Waals surface area contributed by atoms with Crippen LogP contribution in [0.5, 0.6) is 0 Å². The first-order valence-electron chi connectivity index (χ1n) is 8.35. The lowest BCUT2D eigenvalue weighted by Crippen LogP contribution is -2.39. The van der Waals surface area contributed by atoms with Crippen LogP contribution in [0.1, 0.15) is 12.0 Å². The fraction of sp³-hybridized carbons (Fsp3) is 0.389. The molecule has 1 aliphatic heterocycles. The molecule has 1 amide bonds. The first-order valence-corrected chi connectivity index (χ1v) is 8.73. The molecule has 0 N–H and O–H groups in total. The van der Waals surface area contributed by atoms with Gasteiger partial charge in [-0.3, -0.25) is 9.36 Å². The maximum absolute atomic E-state index is 12.5. The van der Waals surface area contributed by atoms with Crippen LogP contribution in [0.4, 0.5) is 5.69 Å². The fourth-order valence-corrected chi connectivity index (χ4v) is 3.27. The van der Waals surface area contributed by atoms with Crippen LogP contribution in [0.15, 0.2) is 41.5 Å². The van der Waals surface area contributed by atoms with Gasteiger partial charge >= 0.3 is 5.69 Å². The zero-order valence-corrected chi connectivity index (χ0v) is 14.9. The third-order valence-corrected chi connectivity index (χ3v) is 4.93. The van der Waals surface area contributed by atoms with E-state index in [0.717, 1.165) is 35.8 Å². The number of hydrogen-bond donors (Lipinski definition) is 0. The van der Waals surface area contributed by atoms with Gasteiger partial charge in [0.05, 0.1) is 0 Å². The van der Waals surface area contributed by atoms with Crippen LogP contribution < -0.4 is 10.6 Å². The minimum absolute atomic E-state index is 0.0306. The quantitative estimate of drug-likeness (QED) is 0.839. The highest BCUT2D eigenvalue weighted by Crippen LogP contribution is 2.27. The van der Waals surface area contributed by atoms with Gasteiger partial charge in [0, 0.05) is 49.3 Å². The first-order chi connectivity index (χ1) is 12.1. The minimum Gasteiger partial charge on any atom is -0.369 e. The summed E-state index contributed by atoms with van der Waals surface area (Å²) in [5.74, 6) is -0.0558. The van der Waals surface area contributed by atoms with Gasteiger partial charge in [0.25, 0.3) is 0 Å². The van der Waals surface area contributed by atoms with Crippen LogP contribution in [0.25, 0.3) is 0 Å². The highest BCUT2D eigenvalue weighted by atomic mass is 35.5. The number of rotatable bonds is 3. The second-order valence-corrected chi connectivity index (χ2v) is 6.54. The molecule has 1 fully saturated rings. The van der Waals surface area contributed by atoms with Gasteiger partial charge in [-0.2, -0.15) is 0 Å². The summed E-state index contributed by atoms with van der Waals surface area (Å²) in [6.45, 7) is 4.97. The molecular formula is C18H21ClN4O2. The average molecular weight is 361 g/mol. The molecular weight excluding hydrogens is 340 g/mol. The number of aromatic nitrogens is 2. The lowest BCUT2D eigenvalue weighted by Gasteiger charge is -2.25. The van der Waals surface area contributed by atoms with E-state index in [-0.39, 0.29) is 12.5 Å². The van der Waals surface area contributed by atoms with E-state index in [0.29, 0.717) is 13.1 Å². The van der Waals surface area contributed by atoms with Crippen molar-refractivity contribution in [3.63, 3.8) is 0 Å². The summed E-state index contributed by atoms with van der Waals surface area (Å²) in [7, 11) is 0. The van der Waals surface area contributed by atoms with Gasteiger partial charge in [0.15, 0.2) is 0 Å². The third-order valence-electron chi connectivity index (χ3n) is 4.52. The number of nitrogens with zero attached hydrogens (tertiary/aromatic N) is 4. The lowest BCUT2D eigenvalue weighted by atomic mass is 10.1. The fourth-order valence-electron chi connectivity index (χ4n) is 3.10. The molecule has 6 nitrogen and oxygen atoms in total. The Morgan fingerprint density at radius 1 is 1.20 bits per heavy atom. The molecule has 0 unspecified atom stereocenters. The van der Waals surface area contributed by atoms with Crippen LogP contribution >= 0.6 is 11.6 Å². The Morgan fingerprint density at radius 2 is 2.04 bits per heavy atom. The number of carbonyl (C=O) groups excluding carboxylic acids is 1. The molecule has 0 atom stereocenters. The van der Waals surface area contributed by atoms with Crippen molar-refractivity contribution in [1.29, 1.82) is 0 Å². The molecule has 2 heterocycles. The smallest absolute Gasteiger partial charge is 0.347 e. The molecule has 0 aliphatic carbocycles. The standard InChI is InChI=1S/C18H21ClN4O2/c1-14-15(19)5-2-6-16(14)21-9-4-10-22(12-11-21)17(24)13-23-8-3-7-20-18(23)25/h2-3,5-8H,4,9-13H2,1H3. The maximum atomic E-state index is 12.5. The molecule has 0 radical (unpaired) electrons.